The average Bonchev–Trinajstić information content (AvgIpc) is 1.65. The molecule has 0 rings (SSSR count). The molecular formula is C3H4O4. The number of carbonyl (C=O) groups excluding carboxylic acids is 1. The van der Waals surface area contributed by atoms with E-state index in [2.05, 4.69) is 4.74 Å². The van der Waals surface area contributed by atoms with Gasteiger partial charge in [-0.2, -0.15) is 0 Å². The molecule has 0 bridgehead atoms. The quantitative estimate of drug-likeness (QED) is 0.324. The summed E-state index contributed by atoms with van der Waals surface area (Å²) >= 11 is 0. The van der Waals surface area contributed by atoms with Crippen molar-refractivity contribution >= 4 is 11.9 Å². The second kappa shape index (κ2) is 2.17. The third-order valence-corrected chi connectivity index (χ3v) is 0.360. The molecule has 1 N–H and O–H groups in total. The fourth-order valence-electron chi connectivity index (χ4n) is 0.0873. The average molecular weight is 104 g/mol. The molecule has 0 aliphatic heterocycles. The van der Waals surface area contributed by atoms with Crippen molar-refractivity contribution in [2.24, 2.45) is 0 Å². The second-order valence-corrected chi connectivity index (χ2v) is 0.797. The number of methoxy groups -OCH3 is 1. The third kappa shape index (κ3) is 1.75. The number of carbonyl (C=O) groups is 2. The summed E-state index contributed by atoms with van der Waals surface area (Å²) in [6.07, 6.45) is 0. The topological polar surface area (TPSA) is 63.6 Å². The second-order valence-electron chi connectivity index (χ2n) is 0.797. The third-order valence-electron chi connectivity index (χ3n) is 0.360. The van der Waals surface area contributed by atoms with Gasteiger partial charge in [0.1, 0.15) is 0 Å². The van der Waals surface area contributed by atoms with Crippen LogP contribution in [0.2, 0.25) is 0 Å². The number of hydrogen-bond acceptors (Lipinski definition) is 3. The van der Waals surface area contributed by atoms with Gasteiger partial charge in [-0.05, 0) is 0 Å². The van der Waals surface area contributed by atoms with Crippen LogP contribution < -0.4 is 0 Å². The van der Waals surface area contributed by atoms with Gasteiger partial charge >= 0.3 is 11.9 Å². The van der Waals surface area contributed by atoms with E-state index in [1.807, 2.05) is 0 Å². The Morgan fingerprint density at radius 1 is 1.57 bits per heavy atom. The number of aliphatic carboxylic acids is 1. The molecule has 0 spiro atoms. The number of carboxylic acids is 1. The molecule has 0 heterocycles. The molecule has 0 aromatic carbocycles. The van der Waals surface area contributed by atoms with Crippen LogP contribution in [-0.4, -0.2) is 24.2 Å². The molecule has 0 aliphatic carbocycles. The van der Waals surface area contributed by atoms with Crippen molar-refractivity contribution in [1.82, 2.24) is 0 Å². The van der Waals surface area contributed by atoms with Crippen molar-refractivity contribution in [3.8, 4) is 0 Å². The molecule has 4 heteroatoms. The van der Waals surface area contributed by atoms with Crippen molar-refractivity contribution in [3.63, 3.8) is 0 Å². The Labute approximate surface area is 39.7 Å². The van der Waals surface area contributed by atoms with Crippen molar-refractivity contribution in [1.29, 1.82) is 0 Å². The summed E-state index contributed by atoms with van der Waals surface area (Å²) in [4.78, 5) is 19.1. The SMILES string of the molecule is COC(=O)C(=O)O. The molecule has 0 aromatic heterocycles. The predicted octanol–water partition coefficient (Wildman–Crippen LogP) is -0.756. The van der Waals surface area contributed by atoms with Gasteiger partial charge in [0.25, 0.3) is 0 Å². The predicted molar refractivity (Wildman–Crippen MR) is 19.7 cm³/mol. The Kier molecular flexibility index (Phi) is 1.84. The normalized spacial score (nSPS) is 7.57. The molecule has 0 saturated carbocycles. The van der Waals surface area contributed by atoms with Gasteiger partial charge in [-0.1, -0.05) is 0 Å². The van der Waals surface area contributed by atoms with Crippen LogP contribution in [0.4, 0.5) is 0 Å². The van der Waals surface area contributed by atoms with Crippen LogP contribution in [0, 0.1) is 0 Å². The van der Waals surface area contributed by atoms with Crippen LogP contribution >= 0.6 is 0 Å². The molecule has 4 nitrogen and oxygen atoms in total. The first-order valence-corrected chi connectivity index (χ1v) is 1.49. The van der Waals surface area contributed by atoms with Crippen molar-refractivity contribution < 1.29 is 19.4 Å². The monoisotopic (exact) mass is 104 g/mol. The largest absolute Gasteiger partial charge is 0.473 e. The van der Waals surface area contributed by atoms with Crippen LogP contribution in [0.1, 0.15) is 0 Å². The van der Waals surface area contributed by atoms with Crippen LogP contribution in [0.5, 0.6) is 0 Å². The van der Waals surface area contributed by atoms with E-state index in [4.69, 9.17) is 5.11 Å². The lowest BCUT2D eigenvalue weighted by atomic mass is 10.7. The first kappa shape index (κ1) is 5.94. The molecule has 0 aromatic rings. The van der Waals surface area contributed by atoms with E-state index in [1.54, 1.807) is 0 Å². The minimum absolute atomic E-state index is 1.01. The van der Waals surface area contributed by atoms with Gasteiger partial charge in [0, 0.05) is 0 Å². The number of ether oxygens (including phenoxy) is 1. The molecule has 0 saturated heterocycles. The summed E-state index contributed by atoms with van der Waals surface area (Å²) in [5, 5.41) is 7.71. The Morgan fingerprint density at radius 3 is 2.00 bits per heavy atom. The van der Waals surface area contributed by atoms with Gasteiger partial charge in [0.05, 0.1) is 7.11 Å². The number of esters is 1. The Bertz CT molecular complexity index is 95.1. The number of rotatable bonds is 0. The van der Waals surface area contributed by atoms with Gasteiger partial charge < -0.3 is 9.84 Å². The summed E-state index contributed by atoms with van der Waals surface area (Å²) in [5.41, 5.74) is 0. The molecule has 0 fully saturated rings. The molecule has 0 unspecified atom stereocenters. The molecule has 0 radical (unpaired) electrons. The molecule has 0 amide bonds. The summed E-state index contributed by atoms with van der Waals surface area (Å²) in [5.74, 6) is -2.80. The van der Waals surface area contributed by atoms with Crippen LogP contribution in [0.3, 0.4) is 0 Å². The van der Waals surface area contributed by atoms with Crippen molar-refractivity contribution in [3.05, 3.63) is 0 Å². The Balaban J connectivity index is 3.58. The molecule has 40 valence electrons. The van der Waals surface area contributed by atoms with E-state index in [-0.39, 0.29) is 0 Å². The van der Waals surface area contributed by atoms with E-state index < -0.39 is 11.9 Å². The van der Waals surface area contributed by atoms with E-state index in [9.17, 15) is 9.59 Å². The highest BCUT2D eigenvalue weighted by atomic mass is 16.5. The minimum Gasteiger partial charge on any atom is -0.473 e. The fraction of sp³-hybridized carbons (Fsp3) is 0.333. The van der Waals surface area contributed by atoms with E-state index in [0.717, 1.165) is 7.11 Å². The molecular weight excluding hydrogens is 100 g/mol. The van der Waals surface area contributed by atoms with E-state index in [0.29, 0.717) is 0 Å². The summed E-state index contributed by atoms with van der Waals surface area (Å²) in [7, 11) is 1.01. The highest BCUT2D eigenvalue weighted by Gasteiger charge is 2.08. The van der Waals surface area contributed by atoms with Gasteiger partial charge in [-0.15, -0.1) is 0 Å². The lowest BCUT2D eigenvalue weighted by molar-refractivity contribution is -0.161. The number of hydrogen-bond donors (Lipinski definition) is 1. The van der Waals surface area contributed by atoms with Crippen molar-refractivity contribution in [2.45, 2.75) is 0 Å². The lowest BCUT2D eigenvalue weighted by Gasteiger charge is -1.85. The minimum atomic E-state index is -1.57. The van der Waals surface area contributed by atoms with Crippen LogP contribution in [0.15, 0.2) is 0 Å². The standard InChI is InChI=1S/C3H4O4/c1-7-3(6)2(4)5/h1H3,(H,4,5). The smallest absolute Gasteiger partial charge is 0.417 e. The first-order valence-electron chi connectivity index (χ1n) is 1.49. The van der Waals surface area contributed by atoms with Gasteiger partial charge in [0.15, 0.2) is 0 Å². The van der Waals surface area contributed by atoms with Crippen LogP contribution in [-0.2, 0) is 14.3 Å². The van der Waals surface area contributed by atoms with E-state index in [1.165, 1.54) is 0 Å². The van der Waals surface area contributed by atoms with E-state index >= 15 is 0 Å². The van der Waals surface area contributed by atoms with Gasteiger partial charge in [-0.25, -0.2) is 9.59 Å². The molecule has 0 aliphatic rings. The maximum atomic E-state index is 9.69. The molecule has 0 atom stereocenters. The zero-order valence-electron chi connectivity index (χ0n) is 3.67. The fourth-order valence-corrected chi connectivity index (χ4v) is 0.0873. The summed E-state index contributed by atoms with van der Waals surface area (Å²) in [6, 6.07) is 0. The lowest BCUT2D eigenvalue weighted by Crippen LogP contribution is -2.13. The Morgan fingerprint density at radius 2 is 2.00 bits per heavy atom. The summed E-state index contributed by atoms with van der Waals surface area (Å²) in [6.45, 7) is 0. The highest BCUT2D eigenvalue weighted by Crippen LogP contribution is 1.68. The van der Waals surface area contributed by atoms with Crippen molar-refractivity contribution in [2.75, 3.05) is 7.11 Å². The first-order chi connectivity index (χ1) is 3.18. The maximum Gasteiger partial charge on any atom is 0.417 e. The zero-order chi connectivity index (χ0) is 5.86. The molecule has 7 heavy (non-hydrogen) atoms. The number of carboxylic acid groups (broad SMARTS) is 1. The van der Waals surface area contributed by atoms with Crippen LogP contribution in [0.25, 0.3) is 0 Å². The van der Waals surface area contributed by atoms with Gasteiger partial charge in [-0.3, -0.25) is 0 Å². The van der Waals surface area contributed by atoms with Gasteiger partial charge in [0.2, 0.25) is 0 Å². The maximum absolute atomic E-state index is 9.69. The zero-order valence-corrected chi connectivity index (χ0v) is 3.67. The summed E-state index contributed by atoms with van der Waals surface area (Å²) < 4.78 is 3.77. The Hall–Kier alpha value is -1.06. The highest BCUT2D eigenvalue weighted by molar-refractivity contribution is 6.28.